The fraction of sp³-hybridized carbons (Fsp3) is 0.833. The van der Waals surface area contributed by atoms with Crippen LogP contribution in [0, 0.1) is 0 Å². The van der Waals surface area contributed by atoms with Crippen LogP contribution in [-0.4, -0.2) is 30.1 Å². The molecule has 9 heavy (non-hydrogen) atoms. The summed E-state index contributed by atoms with van der Waals surface area (Å²) in [6, 6.07) is 0. The highest BCUT2D eigenvalue weighted by Gasteiger charge is 2.41. The van der Waals surface area contributed by atoms with Gasteiger partial charge in [0, 0.05) is 20.0 Å². The fourth-order valence-corrected chi connectivity index (χ4v) is 0.984. The maximum absolute atomic E-state index is 12.9. The Hall–Kier alpha value is -0.600. The SMILES string of the molecule is CN1CC[C@@](C)(F)C1=O. The van der Waals surface area contributed by atoms with Gasteiger partial charge in [0.2, 0.25) is 0 Å². The van der Waals surface area contributed by atoms with Crippen molar-refractivity contribution in [3.8, 4) is 0 Å². The van der Waals surface area contributed by atoms with Crippen LogP contribution in [0.3, 0.4) is 0 Å². The van der Waals surface area contributed by atoms with E-state index in [0.29, 0.717) is 13.0 Å². The zero-order valence-corrected chi connectivity index (χ0v) is 5.65. The molecular weight excluding hydrogens is 121 g/mol. The quantitative estimate of drug-likeness (QED) is 0.471. The van der Waals surface area contributed by atoms with Crippen LogP contribution in [0.1, 0.15) is 13.3 Å². The molecule has 1 heterocycles. The molecule has 0 radical (unpaired) electrons. The molecule has 0 N–H and O–H groups in total. The largest absolute Gasteiger partial charge is 0.343 e. The van der Waals surface area contributed by atoms with E-state index in [0.717, 1.165) is 0 Å². The van der Waals surface area contributed by atoms with Crippen LogP contribution in [0.4, 0.5) is 4.39 Å². The summed E-state index contributed by atoms with van der Waals surface area (Å²) in [7, 11) is 1.62. The van der Waals surface area contributed by atoms with E-state index in [1.54, 1.807) is 7.05 Å². The Morgan fingerprint density at radius 3 is 2.44 bits per heavy atom. The number of hydrogen-bond donors (Lipinski definition) is 0. The third-order valence-corrected chi connectivity index (χ3v) is 1.71. The minimum Gasteiger partial charge on any atom is -0.343 e. The second kappa shape index (κ2) is 1.69. The average molecular weight is 131 g/mol. The summed E-state index contributed by atoms with van der Waals surface area (Å²) in [4.78, 5) is 12.2. The maximum Gasteiger partial charge on any atom is 0.259 e. The number of alkyl halides is 1. The highest BCUT2D eigenvalue weighted by atomic mass is 19.1. The molecule has 52 valence electrons. The van der Waals surface area contributed by atoms with Crippen molar-refractivity contribution in [2.45, 2.75) is 19.0 Å². The van der Waals surface area contributed by atoms with Crippen molar-refractivity contribution in [3.63, 3.8) is 0 Å². The lowest BCUT2D eigenvalue weighted by Crippen LogP contribution is -2.31. The molecule has 1 fully saturated rings. The summed E-state index contributed by atoms with van der Waals surface area (Å²) in [5.74, 6) is -0.387. The maximum atomic E-state index is 12.9. The third kappa shape index (κ3) is 0.910. The minimum atomic E-state index is -1.59. The number of amides is 1. The monoisotopic (exact) mass is 131 g/mol. The Morgan fingerprint density at radius 2 is 2.33 bits per heavy atom. The normalized spacial score (nSPS) is 35.9. The zero-order valence-electron chi connectivity index (χ0n) is 5.65. The Balaban J connectivity index is 2.74. The van der Waals surface area contributed by atoms with Gasteiger partial charge in [0.25, 0.3) is 5.91 Å². The van der Waals surface area contributed by atoms with Crippen LogP contribution in [-0.2, 0) is 4.79 Å². The van der Waals surface area contributed by atoms with Gasteiger partial charge in [-0.3, -0.25) is 4.79 Å². The zero-order chi connectivity index (χ0) is 7.07. The first-order chi connectivity index (χ1) is 4.04. The summed E-state index contributed by atoms with van der Waals surface area (Å²) in [6.07, 6.45) is 0.336. The number of carbonyl (C=O) groups is 1. The van der Waals surface area contributed by atoms with Crippen molar-refractivity contribution in [2.24, 2.45) is 0 Å². The molecule has 0 spiro atoms. The van der Waals surface area contributed by atoms with Gasteiger partial charge in [-0.1, -0.05) is 0 Å². The van der Waals surface area contributed by atoms with Crippen molar-refractivity contribution in [3.05, 3.63) is 0 Å². The number of nitrogens with zero attached hydrogens (tertiary/aromatic N) is 1. The predicted octanol–water partition coefficient (Wildman–Crippen LogP) is 0.577. The molecule has 1 rings (SSSR count). The minimum absolute atomic E-state index is 0.336. The summed E-state index contributed by atoms with van der Waals surface area (Å²) in [6.45, 7) is 1.88. The molecule has 3 heteroatoms. The van der Waals surface area contributed by atoms with E-state index in [9.17, 15) is 9.18 Å². The molecule has 1 amide bonds. The van der Waals surface area contributed by atoms with Crippen molar-refractivity contribution in [1.82, 2.24) is 4.90 Å². The van der Waals surface area contributed by atoms with Gasteiger partial charge in [0.05, 0.1) is 0 Å². The van der Waals surface area contributed by atoms with Crippen LogP contribution in [0.15, 0.2) is 0 Å². The topological polar surface area (TPSA) is 20.3 Å². The molecule has 0 aromatic carbocycles. The lowest BCUT2D eigenvalue weighted by atomic mass is 10.1. The lowest BCUT2D eigenvalue weighted by molar-refractivity contribution is -0.135. The summed E-state index contributed by atoms with van der Waals surface area (Å²) in [5.41, 5.74) is -1.59. The summed E-state index contributed by atoms with van der Waals surface area (Å²) in [5, 5.41) is 0. The van der Waals surface area contributed by atoms with Crippen molar-refractivity contribution in [1.29, 1.82) is 0 Å². The lowest BCUT2D eigenvalue weighted by Gasteiger charge is -2.10. The molecule has 1 atom stereocenters. The van der Waals surface area contributed by atoms with E-state index in [2.05, 4.69) is 0 Å². The highest BCUT2D eigenvalue weighted by molar-refractivity contribution is 5.86. The average Bonchev–Trinajstić information content (AvgIpc) is 1.97. The summed E-state index contributed by atoms with van der Waals surface area (Å²) >= 11 is 0. The second-order valence-corrected chi connectivity index (χ2v) is 2.67. The van der Waals surface area contributed by atoms with E-state index in [-0.39, 0.29) is 5.91 Å². The molecule has 0 saturated carbocycles. The first kappa shape index (κ1) is 6.52. The highest BCUT2D eigenvalue weighted by Crippen LogP contribution is 2.24. The molecule has 0 unspecified atom stereocenters. The Kier molecular flexibility index (Phi) is 1.22. The molecular formula is C6H10FNO. The van der Waals surface area contributed by atoms with Gasteiger partial charge >= 0.3 is 0 Å². The van der Waals surface area contributed by atoms with Crippen LogP contribution < -0.4 is 0 Å². The van der Waals surface area contributed by atoms with E-state index >= 15 is 0 Å². The first-order valence-electron chi connectivity index (χ1n) is 2.98. The molecule has 0 aromatic heterocycles. The molecule has 0 bridgehead atoms. The molecule has 0 aromatic rings. The van der Waals surface area contributed by atoms with Gasteiger partial charge in [-0.05, 0) is 6.92 Å². The molecule has 2 nitrogen and oxygen atoms in total. The van der Waals surface area contributed by atoms with Crippen LogP contribution in [0.5, 0.6) is 0 Å². The Labute approximate surface area is 53.6 Å². The predicted molar refractivity (Wildman–Crippen MR) is 31.8 cm³/mol. The fourth-order valence-electron chi connectivity index (χ4n) is 0.984. The molecule has 0 aliphatic carbocycles. The van der Waals surface area contributed by atoms with E-state index in [1.165, 1.54) is 11.8 Å². The van der Waals surface area contributed by atoms with Gasteiger partial charge in [-0.15, -0.1) is 0 Å². The third-order valence-electron chi connectivity index (χ3n) is 1.71. The van der Waals surface area contributed by atoms with Gasteiger partial charge in [0.15, 0.2) is 5.67 Å². The molecule has 1 saturated heterocycles. The number of carbonyl (C=O) groups excluding carboxylic acids is 1. The van der Waals surface area contributed by atoms with Gasteiger partial charge < -0.3 is 4.90 Å². The van der Waals surface area contributed by atoms with E-state index in [4.69, 9.17) is 0 Å². The van der Waals surface area contributed by atoms with E-state index in [1.807, 2.05) is 0 Å². The van der Waals surface area contributed by atoms with Gasteiger partial charge in [0.1, 0.15) is 0 Å². The number of likely N-dealkylation sites (tertiary alicyclic amines) is 1. The Bertz CT molecular complexity index is 144. The first-order valence-corrected chi connectivity index (χ1v) is 2.98. The van der Waals surface area contributed by atoms with Gasteiger partial charge in [-0.2, -0.15) is 0 Å². The van der Waals surface area contributed by atoms with Crippen LogP contribution >= 0.6 is 0 Å². The van der Waals surface area contributed by atoms with Crippen LogP contribution in [0.2, 0.25) is 0 Å². The Morgan fingerprint density at radius 1 is 1.78 bits per heavy atom. The summed E-state index contributed by atoms with van der Waals surface area (Å²) < 4.78 is 12.9. The number of hydrogen-bond acceptors (Lipinski definition) is 1. The number of halogens is 1. The number of rotatable bonds is 0. The molecule has 1 aliphatic heterocycles. The van der Waals surface area contributed by atoms with E-state index < -0.39 is 5.67 Å². The molecule has 1 aliphatic rings. The van der Waals surface area contributed by atoms with Crippen molar-refractivity contribution >= 4 is 5.91 Å². The van der Waals surface area contributed by atoms with Crippen molar-refractivity contribution < 1.29 is 9.18 Å². The van der Waals surface area contributed by atoms with Gasteiger partial charge in [-0.25, -0.2) is 4.39 Å². The smallest absolute Gasteiger partial charge is 0.259 e. The standard InChI is InChI=1S/C6H10FNO/c1-6(7)3-4-8(2)5(6)9/h3-4H2,1-2H3/t6-/m1/s1. The van der Waals surface area contributed by atoms with Crippen molar-refractivity contribution in [2.75, 3.05) is 13.6 Å². The van der Waals surface area contributed by atoms with Crippen LogP contribution in [0.25, 0.3) is 0 Å². The second-order valence-electron chi connectivity index (χ2n) is 2.67.